The van der Waals surface area contributed by atoms with Crippen LogP contribution in [0.25, 0.3) is 0 Å². The van der Waals surface area contributed by atoms with Gasteiger partial charge in [0.1, 0.15) is 0 Å². The molecule has 3 fully saturated rings. The van der Waals surface area contributed by atoms with Crippen molar-refractivity contribution in [3.8, 4) is 0 Å². The van der Waals surface area contributed by atoms with Crippen LogP contribution in [0.4, 0.5) is 0 Å². The van der Waals surface area contributed by atoms with Crippen LogP contribution in [0.15, 0.2) is 0 Å². The average Bonchev–Trinajstić information content (AvgIpc) is 2.86. The molecule has 0 nitrogen and oxygen atoms in total. The van der Waals surface area contributed by atoms with E-state index in [4.69, 9.17) is 0 Å². The summed E-state index contributed by atoms with van der Waals surface area (Å²) in [6.45, 7) is 2.49. The van der Waals surface area contributed by atoms with Crippen molar-refractivity contribution in [2.24, 2.45) is 29.6 Å². The van der Waals surface area contributed by atoms with E-state index in [2.05, 4.69) is 6.92 Å². The molecular formula is C16H28. The lowest BCUT2D eigenvalue weighted by atomic mass is 9.70. The van der Waals surface area contributed by atoms with Crippen molar-refractivity contribution in [1.29, 1.82) is 0 Å². The second kappa shape index (κ2) is 4.70. The van der Waals surface area contributed by atoms with Gasteiger partial charge in [-0.2, -0.15) is 0 Å². The van der Waals surface area contributed by atoms with Gasteiger partial charge in [0.25, 0.3) is 0 Å². The SMILES string of the molecule is CC1CC2CCCC(CC3CCCC3)C2C1. The maximum Gasteiger partial charge on any atom is -0.0355 e. The van der Waals surface area contributed by atoms with Crippen molar-refractivity contribution < 1.29 is 0 Å². The molecule has 0 heterocycles. The quantitative estimate of drug-likeness (QED) is 0.612. The summed E-state index contributed by atoms with van der Waals surface area (Å²) in [6, 6.07) is 0. The van der Waals surface area contributed by atoms with Crippen LogP contribution in [0.1, 0.15) is 71.1 Å². The molecular weight excluding hydrogens is 192 g/mol. The summed E-state index contributed by atoms with van der Waals surface area (Å²) in [5, 5.41) is 0. The molecule has 16 heavy (non-hydrogen) atoms. The third-order valence-electron chi connectivity index (χ3n) is 5.85. The van der Waals surface area contributed by atoms with Gasteiger partial charge in [-0.05, 0) is 48.9 Å². The minimum absolute atomic E-state index is 1.04. The van der Waals surface area contributed by atoms with E-state index in [0.717, 1.165) is 29.6 Å². The van der Waals surface area contributed by atoms with E-state index in [9.17, 15) is 0 Å². The molecule has 0 bridgehead atoms. The molecule has 92 valence electrons. The Labute approximate surface area is 101 Å². The second-order valence-electron chi connectivity index (χ2n) is 7.08. The molecule has 4 unspecified atom stereocenters. The molecule has 0 aromatic carbocycles. The van der Waals surface area contributed by atoms with E-state index in [0.29, 0.717) is 0 Å². The van der Waals surface area contributed by atoms with Gasteiger partial charge >= 0.3 is 0 Å². The fraction of sp³-hybridized carbons (Fsp3) is 1.00. The molecule has 0 spiro atoms. The fourth-order valence-electron chi connectivity index (χ4n) is 5.18. The summed E-state index contributed by atoms with van der Waals surface area (Å²) in [5.74, 6) is 5.57. The Bertz CT molecular complexity index is 226. The summed E-state index contributed by atoms with van der Waals surface area (Å²) < 4.78 is 0. The van der Waals surface area contributed by atoms with Gasteiger partial charge in [-0.25, -0.2) is 0 Å². The maximum absolute atomic E-state index is 2.49. The van der Waals surface area contributed by atoms with Crippen LogP contribution in [0, 0.1) is 29.6 Å². The molecule has 0 N–H and O–H groups in total. The number of hydrogen-bond donors (Lipinski definition) is 0. The van der Waals surface area contributed by atoms with Gasteiger partial charge in [-0.1, -0.05) is 51.9 Å². The van der Waals surface area contributed by atoms with Crippen LogP contribution >= 0.6 is 0 Å². The van der Waals surface area contributed by atoms with Gasteiger partial charge in [0, 0.05) is 0 Å². The molecule has 3 aliphatic carbocycles. The molecule has 3 saturated carbocycles. The Hall–Kier alpha value is 0. The molecule has 3 aliphatic rings. The third-order valence-corrected chi connectivity index (χ3v) is 5.85. The standard InChI is InChI=1S/C16H28/c1-12-9-14-7-4-8-15(16(14)10-12)11-13-5-2-3-6-13/h12-16H,2-11H2,1H3. The van der Waals surface area contributed by atoms with Gasteiger partial charge in [0.15, 0.2) is 0 Å². The van der Waals surface area contributed by atoms with E-state index < -0.39 is 0 Å². The Morgan fingerprint density at radius 3 is 2.50 bits per heavy atom. The highest BCUT2D eigenvalue weighted by molar-refractivity contribution is 4.90. The van der Waals surface area contributed by atoms with E-state index in [1.165, 1.54) is 12.8 Å². The first-order valence-electron chi connectivity index (χ1n) is 7.83. The lowest BCUT2D eigenvalue weighted by Crippen LogP contribution is -2.25. The largest absolute Gasteiger partial charge is 0.0625 e. The molecule has 0 aromatic rings. The summed E-state index contributed by atoms with van der Waals surface area (Å²) in [7, 11) is 0. The summed E-state index contributed by atoms with van der Waals surface area (Å²) >= 11 is 0. The first kappa shape index (κ1) is 11.1. The predicted molar refractivity (Wildman–Crippen MR) is 69.3 cm³/mol. The Kier molecular flexibility index (Phi) is 3.27. The van der Waals surface area contributed by atoms with Crippen LogP contribution in [-0.2, 0) is 0 Å². The van der Waals surface area contributed by atoms with Gasteiger partial charge in [-0.15, -0.1) is 0 Å². The highest BCUT2D eigenvalue weighted by atomic mass is 14.4. The molecule has 0 saturated heterocycles. The summed E-state index contributed by atoms with van der Waals surface area (Å²) in [5.41, 5.74) is 0. The fourth-order valence-corrected chi connectivity index (χ4v) is 5.18. The second-order valence-corrected chi connectivity index (χ2v) is 7.08. The third kappa shape index (κ3) is 2.17. The van der Waals surface area contributed by atoms with E-state index in [-0.39, 0.29) is 0 Å². The monoisotopic (exact) mass is 220 g/mol. The van der Waals surface area contributed by atoms with Crippen LogP contribution in [0.2, 0.25) is 0 Å². The van der Waals surface area contributed by atoms with E-state index >= 15 is 0 Å². The van der Waals surface area contributed by atoms with Crippen LogP contribution < -0.4 is 0 Å². The minimum atomic E-state index is 1.04. The Morgan fingerprint density at radius 1 is 0.875 bits per heavy atom. The Morgan fingerprint density at radius 2 is 1.69 bits per heavy atom. The summed E-state index contributed by atoms with van der Waals surface area (Å²) in [6.07, 6.45) is 15.6. The first-order valence-corrected chi connectivity index (χ1v) is 7.83. The highest BCUT2D eigenvalue weighted by Crippen LogP contribution is 2.50. The number of rotatable bonds is 2. The van der Waals surface area contributed by atoms with Gasteiger partial charge in [0.05, 0.1) is 0 Å². The molecule has 0 aliphatic heterocycles. The first-order chi connectivity index (χ1) is 7.83. The molecule has 0 heteroatoms. The highest BCUT2D eigenvalue weighted by Gasteiger charge is 2.40. The van der Waals surface area contributed by atoms with Gasteiger partial charge in [-0.3, -0.25) is 0 Å². The van der Waals surface area contributed by atoms with Crippen molar-refractivity contribution in [3.63, 3.8) is 0 Å². The molecule has 0 radical (unpaired) electrons. The van der Waals surface area contributed by atoms with Crippen molar-refractivity contribution in [2.75, 3.05) is 0 Å². The molecule has 4 atom stereocenters. The average molecular weight is 220 g/mol. The number of hydrogen-bond acceptors (Lipinski definition) is 0. The van der Waals surface area contributed by atoms with Crippen LogP contribution in [0.3, 0.4) is 0 Å². The van der Waals surface area contributed by atoms with Crippen molar-refractivity contribution >= 4 is 0 Å². The maximum atomic E-state index is 2.49. The van der Waals surface area contributed by atoms with Gasteiger partial charge < -0.3 is 0 Å². The van der Waals surface area contributed by atoms with E-state index in [1.807, 2.05) is 0 Å². The zero-order valence-corrected chi connectivity index (χ0v) is 11.0. The smallest absolute Gasteiger partial charge is 0.0355 e. The zero-order valence-electron chi connectivity index (χ0n) is 11.0. The normalized spacial score (nSPS) is 44.8. The number of fused-ring (bicyclic) bond motifs is 1. The lowest BCUT2D eigenvalue weighted by molar-refractivity contribution is 0.153. The lowest BCUT2D eigenvalue weighted by Gasteiger charge is -2.35. The molecule has 0 aromatic heterocycles. The summed E-state index contributed by atoms with van der Waals surface area (Å²) in [4.78, 5) is 0. The van der Waals surface area contributed by atoms with Crippen molar-refractivity contribution in [3.05, 3.63) is 0 Å². The molecule has 3 rings (SSSR count). The van der Waals surface area contributed by atoms with Crippen molar-refractivity contribution in [2.45, 2.75) is 71.1 Å². The Balaban J connectivity index is 1.60. The zero-order chi connectivity index (χ0) is 11.0. The van der Waals surface area contributed by atoms with E-state index in [1.54, 1.807) is 51.4 Å². The topological polar surface area (TPSA) is 0 Å². The minimum Gasteiger partial charge on any atom is -0.0625 e. The van der Waals surface area contributed by atoms with Gasteiger partial charge in [0.2, 0.25) is 0 Å². The van der Waals surface area contributed by atoms with Crippen molar-refractivity contribution in [1.82, 2.24) is 0 Å². The van der Waals surface area contributed by atoms with Crippen LogP contribution in [-0.4, -0.2) is 0 Å². The van der Waals surface area contributed by atoms with Crippen LogP contribution in [0.5, 0.6) is 0 Å². The molecule has 0 amide bonds. The predicted octanol–water partition coefficient (Wildman–Crippen LogP) is 5.03.